The molecular weight excluding hydrogens is 248 g/mol. The summed E-state index contributed by atoms with van der Waals surface area (Å²) >= 11 is 0. The van der Waals surface area contributed by atoms with Crippen LogP contribution in [0.5, 0.6) is 0 Å². The monoisotopic (exact) mass is 276 g/mol. The Morgan fingerprint density at radius 2 is 2.05 bits per heavy atom. The molecule has 0 bridgehead atoms. The molecule has 0 radical (unpaired) electrons. The molecule has 1 aromatic rings. The van der Waals surface area contributed by atoms with Crippen molar-refractivity contribution in [3.8, 4) is 0 Å². The number of nitrogens with one attached hydrogen (secondary N) is 1. The lowest BCUT2D eigenvalue weighted by Gasteiger charge is -2.27. The predicted molar refractivity (Wildman–Crippen MR) is 85.2 cm³/mol. The van der Waals surface area contributed by atoms with Crippen molar-refractivity contribution in [3.05, 3.63) is 29.8 Å². The molecule has 1 aromatic carbocycles. The van der Waals surface area contributed by atoms with Gasteiger partial charge in [-0.25, -0.2) is 0 Å². The second-order valence-electron chi connectivity index (χ2n) is 5.98. The van der Waals surface area contributed by atoms with E-state index in [0.29, 0.717) is 12.0 Å². The zero-order valence-corrected chi connectivity index (χ0v) is 13.0. The van der Waals surface area contributed by atoms with Crippen molar-refractivity contribution < 1.29 is 5.11 Å². The SMILES string of the molecule is CCCNC(C)c1ccc(N2CCC(C)C2CO)cc1. The highest BCUT2D eigenvalue weighted by Crippen LogP contribution is 2.30. The summed E-state index contributed by atoms with van der Waals surface area (Å²) in [6.07, 6.45) is 2.33. The average molecular weight is 276 g/mol. The number of aliphatic hydroxyl groups excluding tert-OH is 1. The number of nitrogens with zero attached hydrogens (tertiary/aromatic N) is 1. The van der Waals surface area contributed by atoms with Gasteiger partial charge in [0.15, 0.2) is 0 Å². The van der Waals surface area contributed by atoms with Crippen LogP contribution in [0.1, 0.15) is 45.2 Å². The Bertz CT molecular complexity index is 404. The van der Waals surface area contributed by atoms with Crippen LogP contribution in [-0.4, -0.2) is 30.8 Å². The Morgan fingerprint density at radius 3 is 2.65 bits per heavy atom. The maximum absolute atomic E-state index is 9.56. The van der Waals surface area contributed by atoms with Gasteiger partial charge in [0.2, 0.25) is 0 Å². The molecule has 0 amide bonds. The third-order valence-electron chi connectivity index (χ3n) is 4.49. The van der Waals surface area contributed by atoms with Gasteiger partial charge < -0.3 is 15.3 Å². The van der Waals surface area contributed by atoms with Gasteiger partial charge in [0, 0.05) is 18.3 Å². The molecule has 0 aliphatic carbocycles. The maximum atomic E-state index is 9.56. The number of hydrogen-bond donors (Lipinski definition) is 2. The van der Waals surface area contributed by atoms with Gasteiger partial charge in [0.25, 0.3) is 0 Å². The molecule has 2 N–H and O–H groups in total. The van der Waals surface area contributed by atoms with Gasteiger partial charge in [-0.15, -0.1) is 0 Å². The van der Waals surface area contributed by atoms with Crippen LogP contribution in [0, 0.1) is 5.92 Å². The van der Waals surface area contributed by atoms with Crippen molar-refractivity contribution in [3.63, 3.8) is 0 Å². The van der Waals surface area contributed by atoms with Crippen LogP contribution in [0.2, 0.25) is 0 Å². The van der Waals surface area contributed by atoms with Gasteiger partial charge in [0.05, 0.1) is 12.6 Å². The molecule has 1 aliphatic rings. The summed E-state index contributed by atoms with van der Waals surface area (Å²) in [6.45, 7) is 8.98. The van der Waals surface area contributed by atoms with Crippen LogP contribution < -0.4 is 10.2 Å². The first-order valence-corrected chi connectivity index (χ1v) is 7.88. The molecule has 0 aromatic heterocycles. The fourth-order valence-electron chi connectivity index (χ4n) is 3.04. The highest BCUT2D eigenvalue weighted by Gasteiger charge is 2.30. The highest BCUT2D eigenvalue weighted by molar-refractivity contribution is 5.50. The summed E-state index contributed by atoms with van der Waals surface area (Å²) in [4.78, 5) is 2.35. The van der Waals surface area contributed by atoms with E-state index in [2.05, 4.69) is 55.3 Å². The minimum Gasteiger partial charge on any atom is -0.394 e. The lowest BCUT2D eigenvalue weighted by atomic mass is 10.0. The number of hydrogen-bond acceptors (Lipinski definition) is 3. The minimum absolute atomic E-state index is 0.247. The summed E-state index contributed by atoms with van der Waals surface area (Å²) in [5.41, 5.74) is 2.56. The fourth-order valence-corrected chi connectivity index (χ4v) is 3.04. The van der Waals surface area contributed by atoms with Crippen molar-refractivity contribution in [2.75, 3.05) is 24.6 Å². The Hall–Kier alpha value is -1.06. The summed E-state index contributed by atoms with van der Waals surface area (Å²) in [7, 11) is 0. The maximum Gasteiger partial charge on any atom is 0.0637 e. The van der Waals surface area contributed by atoms with Crippen molar-refractivity contribution in [2.24, 2.45) is 5.92 Å². The van der Waals surface area contributed by atoms with Gasteiger partial charge >= 0.3 is 0 Å². The number of anilines is 1. The summed E-state index contributed by atoms with van der Waals surface area (Å²) < 4.78 is 0. The molecule has 0 spiro atoms. The van der Waals surface area contributed by atoms with Gasteiger partial charge in [-0.1, -0.05) is 26.0 Å². The first-order valence-electron chi connectivity index (χ1n) is 7.88. The molecule has 2 rings (SSSR count). The van der Waals surface area contributed by atoms with E-state index >= 15 is 0 Å². The minimum atomic E-state index is 0.247. The van der Waals surface area contributed by atoms with Crippen molar-refractivity contribution >= 4 is 5.69 Å². The van der Waals surface area contributed by atoms with E-state index in [9.17, 15) is 5.11 Å². The zero-order valence-electron chi connectivity index (χ0n) is 13.0. The summed E-state index contributed by atoms with van der Waals surface area (Å²) in [5.74, 6) is 0.574. The molecule has 3 unspecified atom stereocenters. The third kappa shape index (κ3) is 3.33. The Balaban J connectivity index is 2.04. The quantitative estimate of drug-likeness (QED) is 0.838. The summed E-state index contributed by atoms with van der Waals surface area (Å²) in [6, 6.07) is 9.48. The molecule has 3 heteroatoms. The van der Waals surface area contributed by atoms with Gasteiger partial charge in [-0.2, -0.15) is 0 Å². The van der Waals surface area contributed by atoms with Crippen LogP contribution in [0.15, 0.2) is 24.3 Å². The molecule has 3 atom stereocenters. The topological polar surface area (TPSA) is 35.5 Å². The third-order valence-corrected chi connectivity index (χ3v) is 4.49. The highest BCUT2D eigenvalue weighted by atomic mass is 16.3. The van der Waals surface area contributed by atoms with E-state index in [4.69, 9.17) is 0 Å². The van der Waals surface area contributed by atoms with Crippen molar-refractivity contribution in [1.82, 2.24) is 5.32 Å². The molecule has 1 aliphatic heterocycles. The molecule has 1 fully saturated rings. The molecule has 1 saturated heterocycles. The molecule has 20 heavy (non-hydrogen) atoms. The second kappa shape index (κ2) is 7.09. The van der Waals surface area contributed by atoms with E-state index in [1.54, 1.807) is 0 Å². The van der Waals surface area contributed by atoms with Crippen LogP contribution in [0.25, 0.3) is 0 Å². The van der Waals surface area contributed by atoms with E-state index in [0.717, 1.165) is 19.5 Å². The van der Waals surface area contributed by atoms with Gasteiger partial charge in [0.1, 0.15) is 0 Å². The molecule has 1 heterocycles. The van der Waals surface area contributed by atoms with Gasteiger partial charge in [-0.3, -0.25) is 0 Å². The lowest BCUT2D eigenvalue weighted by Crippen LogP contribution is -2.35. The Morgan fingerprint density at radius 1 is 1.35 bits per heavy atom. The average Bonchev–Trinajstić information content (AvgIpc) is 2.85. The predicted octanol–water partition coefficient (Wildman–Crippen LogP) is 2.95. The van der Waals surface area contributed by atoms with E-state index < -0.39 is 0 Å². The van der Waals surface area contributed by atoms with Crippen LogP contribution >= 0.6 is 0 Å². The fraction of sp³-hybridized carbons (Fsp3) is 0.647. The number of rotatable bonds is 6. The number of benzene rings is 1. The van der Waals surface area contributed by atoms with Crippen LogP contribution in [-0.2, 0) is 0 Å². The van der Waals surface area contributed by atoms with Crippen molar-refractivity contribution in [2.45, 2.75) is 45.7 Å². The first kappa shape index (κ1) is 15.3. The van der Waals surface area contributed by atoms with Crippen molar-refractivity contribution in [1.29, 1.82) is 0 Å². The lowest BCUT2D eigenvalue weighted by molar-refractivity contribution is 0.245. The normalized spacial score (nSPS) is 24.1. The molecule has 112 valence electrons. The van der Waals surface area contributed by atoms with Crippen LogP contribution in [0.4, 0.5) is 5.69 Å². The van der Waals surface area contributed by atoms with E-state index in [1.807, 2.05) is 0 Å². The number of aliphatic hydroxyl groups is 1. The van der Waals surface area contributed by atoms with Crippen LogP contribution in [0.3, 0.4) is 0 Å². The standard InChI is InChI=1S/C17H28N2O/c1-4-10-18-14(3)15-5-7-16(8-6-15)19-11-9-13(2)17(19)12-20/h5-8,13-14,17-18,20H,4,9-12H2,1-3H3. The first-order chi connectivity index (χ1) is 9.67. The molecule has 0 saturated carbocycles. The van der Waals surface area contributed by atoms with E-state index in [1.165, 1.54) is 17.7 Å². The Kier molecular flexibility index (Phi) is 5.44. The molecular formula is C17H28N2O. The van der Waals surface area contributed by atoms with E-state index in [-0.39, 0.29) is 12.6 Å². The Labute approximate surface area is 123 Å². The smallest absolute Gasteiger partial charge is 0.0637 e. The molecule has 3 nitrogen and oxygen atoms in total. The largest absolute Gasteiger partial charge is 0.394 e. The van der Waals surface area contributed by atoms with Gasteiger partial charge in [-0.05, 0) is 49.9 Å². The zero-order chi connectivity index (χ0) is 14.5. The second-order valence-corrected chi connectivity index (χ2v) is 5.98. The summed E-state index contributed by atoms with van der Waals surface area (Å²) in [5, 5.41) is 13.1.